The molecule has 1 saturated carbocycles. The van der Waals surface area contributed by atoms with E-state index in [2.05, 4.69) is 0 Å². The first-order valence-corrected chi connectivity index (χ1v) is 6.52. The summed E-state index contributed by atoms with van der Waals surface area (Å²) in [6.45, 7) is 0. The highest BCUT2D eigenvalue weighted by molar-refractivity contribution is 5.89. The lowest BCUT2D eigenvalue weighted by atomic mass is 9.91. The largest absolute Gasteiger partial charge is 0.494 e. The molecule has 19 heavy (non-hydrogen) atoms. The maximum atomic E-state index is 13.6. The molecule has 0 bridgehead atoms. The van der Waals surface area contributed by atoms with E-state index in [1.165, 1.54) is 13.2 Å². The maximum Gasteiger partial charge on any atom is 0.168 e. The Hall–Kier alpha value is -1.42. The lowest BCUT2D eigenvalue weighted by molar-refractivity contribution is -0.139. The van der Waals surface area contributed by atoms with Crippen molar-refractivity contribution >= 4 is 5.78 Å². The molecule has 1 aliphatic carbocycles. The first-order chi connectivity index (χ1) is 9.11. The van der Waals surface area contributed by atoms with Crippen LogP contribution in [0.4, 0.5) is 4.39 Å². The fraction of sp³-hybridized carbons (Fsp3) is 0.533. The Morgan fingerprint density at radius 1 is 1.32 bits per heavy atom. The lowest BCUT2D eigenvalue weighted by Crippen LogP contribution is -2.38. The third kappa shape index (κ3) is 2.78. The van der Waals surface area contributed by atoms with E-state index in [1.807, 2.05) is 0 Å². The second-order valence-electron chi connectivity index (χ2n) is 4.97. The van der Waals surface area contributed by atoms with E-state index in [4.69, 9.17) is 9.47 Å². The van der Waals surface area contributed by atoms with Crippen molar-refractivity contribution in [2.75, 3.05) is 14.2 Å². The van der Waals surface area contributed by atoms with Gasteiger partial charge in [0.25, 0.3) is 0 Å². The van der Waals surface area contributed by atoms with Gasteiger partial charge >= 0.3 is 0 Å². The fourth-order valence-electron chi connectivity index (χ4n) is 2.71. The number of ether oxygens (including phenoxy) is 2. The topological polar surface area (TPSA) is 35.5 Å². The van der Waals surface area contributed by atoms with Crippen LogP contribution in [0.25, 0.3) is 0 Å². The van der Waals surface area contributed by atoms with E-state index < -0.39 is 11.4 Å². The van der Waals surface area contributed by atoms with Crippen LogP contribution >= 0.6 is 0 Å². The first kappa shape index (κ1) is 14.0. The number of carbonyl (C=O) groups excluding carboxylic acids is 1. The first-order valence-electron chi connectivity index (χ1n) is 6.52. The molecule has 2 rings (SSSR count). The molecule has 0 amide bonds. The van der Waals surface area contributed by atoms with Gasteiger partial charge in [0.05, 0.1) is 7.11 Å². The monoisotopic (exact) mass is 266 g/mol. The van der Waals surface area contributed by atoms with E-state index in [0.29, 0.717) is 5.56 Å². The van der Waals surface area contributed by atoms with Crippen LogP contribution in [-0.2, 0) is 16.0 Å². The Bertz CT molecular complexity index is 464. The molecule has 0 saturated heterocycles. The third-order valence-corrected chi connectivity index (χ3v) is 3.89. The Morgan fingerprint density at radius 2 is 2.00 bits per heavy atom. The summed E-state index contributed by atoms with van der Waals surface area (Å²) in [6, 6.07) is 4.62. The van der Waals surface area contributed by atoms with E-state index in [1.54, 1.807) is 19.2 Å². The molecular weight excluding hydrogens is 247 g/mol. The predicted octanol–water partition coefficient (Wildman–Crippen LogP) is 2.91. The molecule has 0 unspecified atom stereocenters. The van der Waals surface area contributed by atoms with Gasteiger partial charge in [0.15, 0.2) is 17.3 Å². The number of hydrogen-bond donors (Lipinski definition) is 0. The minimum absolute atomic E-state index is 0.0390. The van der Waals surface area contributed by atoms with Gasteiger partial charge in [-0.1, -0.05) is 6.07 Å². The second kappa shape index (κ2) is 5.70. The summed E-state index contributed by atoms with van der Waals surface area (Å²) < 4.78 is 23.9. The Balaban J connectivity index is 2.12. The molecule has 1 fully saturated rings. The van der Waals surface area contributed by atoms with Gasteiger partial charge in [0.1, 0.15) is 5.60 Å². The normalized spacial score (nSPS) is 17.4. The Kier molecular flexibility index (Phi) is 4.20. The highest BCUT2D eigenvalue weighted by atomic mass is 19.1. The molecular formula is C15H19FO3. The predicted molar refractivity (Wildman–Crippen MR) is 69.9 cm³/mol. The zero-order valence-electron chi connectivity index (χ0n) is 11.4. The lowest BCUT2D eigenvalue weighted by Gasteiger charge is -2.25. The van der Waals surface area contributed by atoms with Crippen LogP contribution in [-0.4, -0.2) is 25.6 Å². The SMILES string of the molecule is COc1ccc(CC(=O)C2(OC)CCCC2)cc1F. The molecule has 0 heterocycles. The minimum Gasteiger partial charge on any atom is -0.494 e. The molecule has 4 heteroatoms. The van der Waals surface area contributed by atoms with Crippen LogP contribution < -0.4 is 4.74 Å². The van der Waals surface area contributed by atoms with Crippen molar-refractivity contribution in [1.82, 2.24) is 0 Å². The number of rotatable bonds is 5. The van der Waals surface area contributed by atoms with Crippen molar-refractivity contribution in [3.8, 4) is 5.75 Å². The van der Waals surface area contributed by atoms with Gasteiger partial charge < -0.3 is 9.47 Å². The highest BCUT2D eigenvalue weighted by Gasteiger charge is 2.40. The summed E-state index contributed by atoms with van der Waals surface area (Å²) in [5, 5.41) is 0. The van der Waals surface area contributed by atoms with E-state index >= 15 is 0 Å². The number of hydrogen-bond acceptors (Lipinski definition) is 3. The number of methoxy groups -OCH3 is 2. The molecule has 0 aliphatic heterocycles. The molecule has 0 aromatic heterocycles. The molecule has 104 valence electrons. The zero-order valence-corrected chi connectivity index (χ0v) is 11.4. The van der Waals surface area contributed by atoms with Crippen LogP contribution in [0.2, 0.25) is 0 Å². The molecule has 1 aromatic carbocycles. The van der Waals surface area contributed by atoms with Gasteiger partial charge in [0.2, 0.25) is 0 Å². The molecule has 0 spiro atoms. The van der Waals surface area contributed by atoms with Crippen molar-refractivity contribution in [3.05, 3.63) is 29.6 Å². The summed E-state index contributed by atoms with van der Waals surface area (Å²) >= 11 is 0. The Labute approximate surface area is 112 Å². The maximum absolute atomic E-state index is 13.6. The van der Waals surface area contributed by atoms with Gasteiger partial charge in [-0.2, -0.15) is 0 Å². The average molecular weight is 266 g/mol. The van der Waals surface area contributed by atoms with Crippen LogP contribution in [0.15, 0.2) is 18.2 Å². The van der Waals surface area contributed by atoms with Crippen molar-refractivity contribution in [2.45, 2.75) is 37.7 Å². The third-order valence-electron chi connectivity index (χ3n) is 3.89. The molecule has 0 atom stereocenters. The van der Waals surface area contributed by atoms with E-state index in [9.17, 15) is 9.18 Å². The van der Waals surface area contributed by atoms with E-state index in [-0.39, 0.29) is 18.0 Å². The minimum atomic E-state index is -0.656. The fourth-order valence-corrected chi connectivity index (χ4v) is 2.71. The number of carbonyl (C=O) groups is 1. The summed E-state index contributed by atoms with van der Waals surface area (Å²) in [5.74, 6) is -0.207. The van der Waals surface area contributed by atoms with Crippen LogP contribution in [0.3, 0.4) is 0 Å². The number of halogens is 1. The van der Waals surface area contributed by atoms with Gasteiger partial charge in [-0.05, 0) is 43.4 Å². The van der Waals surface area contributed by atoms with Crippen LogP contribution in [0.5, 0.6) is 5.75 Å². The molecule has 0 radical (unpaired) electrons. The van der Waals surface area contributed by atoms with Crippen molar-refractivity contribution in [3.63, 3.8) is 0 Å². The van der Waals surface area contributed by atoms with Gasteiger partial charge in [-0.3, -0.25) is 4.79 Å². The number of benzene rings is 1. The number of Topliss-reactive ketones (excluding diaryl/α,β-unsaturated/α-hetero) is 1. The molecule has 1 aromatic rings. The van der Waals surface area contributed by atoms with Crippen molar-refractivity contribution < 1.29 is 18.7 Å². The summed E-state index contributed by atoms with van der Waals surface area (Å²) in [4.78, 5) is 12.4. The summed E-state index contributed by atoms with van der Waals surface area (Å²) in [6.07, 6.45) is 3.75. The standard InChI is InChI=1S/C15H19FO3/c1-18-13-6-5-11(9-12(13)16)10-14(17)15(19-2)7-3-4-8-15/h5-6,9H,3-4,7-8,10H2,1-2H3. The Morgan fingerprint density at radius 3 is 2.53 bits per heavy atom. The van der Waals surface area contributed by atoms with Crippen molar-refractivity contribution in [1.29, 1.82) is 0 Å². The molecule has 1 aliphatic rings. The van der Waals surface area contributed by atoms with E-state index in [0.717, 1.165) is 25.7 Å². The number of ketones is 1. The van der Waals surface area contributed by atoms with Crippen LogP contribution in [0.1, 0.15) is 31.2 Å². The summed E-state index contributed by atoms with van der Waals surface area (Å²) in [7, 11) is 3.00. The quantitative estimate of drug-likeness (QED) is 0.822. The van der Waals surface area contributed by atoms with Gasteiger partial charge in [-0.25, -0.2) is 4.39 Å². The highest BCUT2D eigenvalue weighted by Crippen LogP contribution is 2.34. The average Bonchev–Trinajstić information content (AvgIpc) is 2.89. The molecule has 3 nitrogen and oxygen atoms in total. The van der Waals surface area contributed by atoms with Crippen molar-refractivity contribution in [2.24, 2.45) is 0 Å². The zero-order chi connectivity index (χ0) is 13.9. The van der Waals surface area contributed by atoms with Crippen LogP contribution in [0, 0.1) is 5.82 Å². The second-order valence-corrected chi connectivity index (χ2v) is 4.97. The summed E-state index contributed by atoms with van der Waals surface area (Å²) in [5.41, 5.74) is 0.00257. The van der Waals surface area contributed by atoms with Gasteiger partial charge in [-0.15, -0.1) is 0 Å². The van der Waals surface area contributed by atoms with Gasteiger partial charge in [0, 0.05) is 13.5 Å². The smallest absolute Gasteiger partial charge is 0.168 e. The molecule has 0 N–H and O–H groups in total.